The van der Waals surface area contributed by atoms with Crippen molar-refractivity contribution in [2.24, 2.45) is 0 Å². The van der Waals surface area contributed by atoms with Gasteiger partial charge in [-0.2, -0.15) is 0 Å². The molecule has 0 aliphatic heterocycles. The van der Waals surface area contributed by atoms with Crippen LogP contribution in [0.25, 0.3) is 0 Å². The Morgan fingerprint density at radius 2 is 1.67 bits per heavy atom. The minimum atomic E-state index is 0.350. The molecule has 0 radical (unpaired) electrons. The number of nitrogens with one attached hydrogen (secondary N) is 1. The Bertz CT molecular complexity index is 585. The highest BCUT2D eigenvalue weighted by Gasteiger charge is 2.10. The van der Waals surface area contributed by atoms with E-state index in [9.17, 15) is 0 Å². The molecule has 0 heterocycles. The Morgan fingerprint density at radius 3 is 2.24 bits per heavy atom. The van der Waals surface area contributed by atoms with E-state index in [-0.39, 0.29) is 0 Å². The summed E-state index contributed by atoms with van der Waals surface area (Å²) in [5.41, 5.74) is 6.39. The zero-order chi connectivity index (χ0) is 15.4. The van der Waals surface area contributed by atoms with Crippen LogP contribution in [-0.2, 0) is 0 Å². The van der Waals surface area contributed by atoms with E-state index in [4.69, 9.17) is 0 Å². The van der Waals surface area contributed by atoms with E-state index >= 15 is 0 Å². The molecule has 0 aliphatic carbocycles. The fourth-order valence-electron chi connectivity index (χ4n) is 2.60. The highest BCUT2D eigenvalue weighted by atomic mass is 15.1. The van der Waals surface area contributed by atoms with Crippen molar-refractivity contribution in [3.05, 3.63) is 59.2 Å². The van der Waals surface area contributed by atoms with Crippen molar-refractivity contribution in [3.63, 3.8) is 0 Å². The van der Waals surface area contributed by atoms with Gasteiger partial charge in [0.05, 0.1) is 6.04 Å². The van der Waals surface area contributed by atoms with E-state index in [2.05, 4.69) is 87.5 Å². The van der Waals surface area contributed by atoms with E-state index in [1.54, 1.807) is 0 Å². The molecule has 2 rings (SSSR count). The molecule has 0 bridgehead atoms. The molecule has 0 spiro atoms. The number of rotatable bonds is 5. The fraction of sp³-hybridized carbons (Fsp3) is 0.368. The van der Waals surface area contributed by atoms with Crippen LogP contribution in [-0.4, -0.2) is 14.1 Å². The third kappa shape index (κ3) is 3.78. The third-order valence-electron chi connectivity index (χ3n) is 3.92. The smallest absolute Gasteiger partial charge is 0.0511 e. The van der Waals surface area contributed by atoms with Crippen LogP contribution in [0.15, 0.2) is 42.5 Å². The molecule has 1 atom stereocenters. The van der Waals surface area contributed by atoms with E-state index in [0.29, 0.717) is 6.04 Å². The second kappa shape index (κ2) is 6.66. The van der Waals surface area contributed by atoms with Crippen molar-refractivity contribution < 1.29 is 0 Å². The molecule has 2 heteroatoms. The van der Waals surface area contributed by atoms with Crippen molar-refractivity contribution in [2.75, 3.05) is 24.3 Å². The number of anilines is 2. The van der Waals surface area contributed by atoms with Crippen LogP contribution in [0, 0.1) is 13.8 Å². The van der Waals surface area contributed by atoms with Gasteiger partial charge < -0.3 is 10.2 Å². The monoisotopic (exact) mass is 282 g/mol. The summed E-state index contributed by atoms with van der Waals surface area (Å²) in [5, 5.41) is 3.66. The zero-order valence-electron chi connectivity index (χ0n) is 13.8. The SMILES string of the molecule is CCC(Nc1ccc(C)c(N(C)C)c1)c1ccc(C)cc1. The maximum atomic E-state index is 3.66. The standard InChI is InChI=1S/C19H26N2/c1-6-18(16-10-7-14(2)8-11-16)20-17-12-9-15(3)19(13-17)21(4)5/h7-13,18,20H,6H2,1-5H3. The first-order chi connectivity index (χ1) is 10.0. The average Bonchev–Trinajstić information content (AvgIpc) is 2.47. The quantitative estimate of drug-likeness (QED) is 0.836. The van der Waals surface area contributed by atoms with Gasteiger partial charge in [-0.1, -0.05) is 42.8 Å². The Labute approximate surface area is 128 Å². The minimum absolute atomic E-state index is 0.350. The Balaban J connectivity index is 2.22. The largest absolute Gasteiger partial charge is 0.378 e. The van der Waals surface area contributed by atoms with Crippen molar-refractivity contribution in [1.29, 1.82) is 0 Å². The van der Waals surface area contributed by atoms with E-state index in [1.807, 2.05) is 0 Å². The van der Waals surface area contributed by atoms with Crippen molar-refractivity contribution >= 4 is 11.4 Å². The van der Waals surface area contributed by atoms with Crippen molar-refractivity contribution in [3.8, 4) is 0 Å². The summed E-state index contributed by atoms with van der Waals surface area (Å²) in [6.45, 7) is 6.50. The van der Waals surface area contributed by atoms with Crippen molar-refractivity contribution in [1.82, 2.24) is 0 Å². The molecule has 0 saturated carbocycles. The second-order valence-corrected chi connectivity index (χ2v) is 5.91. The van der Waals surface area contributed by atoms with Crippen LogP contribution in [0.5, 0.6) is 0 Å². The summed E-state index contributed by atoms with van der Waals surface area (Å²) >= 11 is 0. The number of hydrogen-bond acceptors (Lipinski definition) is 2. The van der Waals surface area contributed by atoms with Gasteiger partial charge in [0, 0.05) is 25.5 Å². The predicted octanol–water partition coefficient (Wildman–Crippen LogP) is 4.93. The molecule has 0 amide bonds. The summed E-state index contributed by atoms with van der Waals surface area (Å²) in [5.74, 6) is 0. The van der Waals surface area contributed by atoms with Gasteiger partial charge in [-0.05, 0) is 43.5 Å². The van der Waals surface area contributed by atoms with Gasteiger partial charge in [0.1, 0.15) is 0 Å². The van der Waals surface area contributed by atoms with Gasteiger partial charge in [-0.3, -0.25) is 0 Å². The summed E-state index contributed by atoms with van der Waals surface area (Å²) in [4.78, 5) is 2.16. The lowest BCUT2D eigenvalue weighted by molar-refractivity contribution is 0.749. The molecule has 2 aromatic rings. The summed E-state index contributed by atoms with van der Waals surface area (Å²) in [6.07, 6.45) is 1.06. The fourth-order valence-corrected chi connectivity index (χ4v) is 2.60. The molecule has 1 unspecified atom stereocenters. The maximum absolute atomic E-state index is 3.66. The van der Waals surface area contributed by atoms with Crippen LogP contribution in [0.2, 0.25) is 0 Å². The Hall–Kier alpha value is -1.96. The van der Waals surface area contributed by atoms with E-state index in [0.717, 1.165) is 6.42 Å². The van der Waals surface area contributed by atoms with Crippen molar-refractivity contribution in [2.45, 2.75) is 33.2 Å². The van der Waals surface area contributed by atoms with E-state index < -0.39 is 0 Å². The highest BCUT2D eigenvalue weighted by Crippen LogP contribution is 2.27. The van der Waals surface area contributed by atoms with Crippen LogP contribution in [0.4, 0.5) is 11.4 Å². The first kappa shape index (κ1) is 15.4. The molecule has 1 N–H and O–H groups in total. The Kier molecular flexibility index (Phi) is 4.89. The molecule has 0 aromatic heterocycles. The topological polar surface area (TPSA) is 15.3 Å². The number of benzene rings is 2. The third-order valence-corrected chi connectivity index (χ3v) is 3.92. The summed E-state index contributed by atoms with van der Waals surface area (Å²) in [7, 11) is 4.17. The second-order valence-electron chi connectivity index (χ2n) is 5.91. The normalized spacial score (nSPS) is 12.0. The zero-order valence-corrected chi connectivity index (χ0v) is 13.8. The lowest BCUT2D eigenvalue weighted by Gasteiger charge is -2.22. The van der Waals surface area contributed by atoms with Crippen LogP contribution in [0.3, 0.4) is 0 Å². The number of aryl methyl sites for hydroxylation is 2. The van der Waals surface area contributed by atoms with Crippen LogP contribution >= 0.6 is 0 Å². The Morgan fingerprint density at radius 1 is 1.00 bits per heavy atom. The lowest BCUT2D eigenvalue weighted by Crippen LogP contribution is -2.13. The molecule has 21 heavy (non-hydrogen) atoms. The first-order valence-electron chi connectivity index (χ1n) is 7.62. The van der Waals surface area contributed by atoms with Gasteiger partial charge in [0.15, 0.2) is 0 Å². The summed E-state index contributed by atoms with van der Waals surface area (Å²) < 4.78 is 0. The van der Waals surface area contributed by atoms with Gasteiger partial charge in [-0.25, -0.2) is 0 Å². The minimum Gasteiger partial charge on any atom is -0.378 e. The molecule has 0 aliphatic rings. The molecular formula is C19H26N2. The molecule has 112 valence electrons. The number of nitrogens with zero attached hydrogens (tertiary/aromatic N) is 1. The molecule has 2 nitrogen and oxygen atoms in total. The predicted molar refractivity (Wildman–Crippen MR) is 93.3 cm³/mol. The van der Waals surface area contributed by atoms with Crippen LogP contribution < -0.4 is 10.2 Å². The highest BCUT2D eigenvalue weighted by molar-refractivity contribution is 5.62. The number of hydrogen-bond donors (Lipinski definition) is 1. The molecule has 0 saturated heterocycles. The average molecular weight is 282 g/mol. The van der Waals surface area contributed by atoms with Gasteiger partial charge in [-0.15, -0.1) is 0 Å². The molecule has 2 aromatic carbocycles. The first-order valence-corrected chi connectivity index (χ1v) is 7.62. The molecular weight excluding hydrogens is 256 g/mol. The van der Waals surface area contributed by atoms with Crippen LogP contribution in [0.1, 0.15) is 36.1 Å². The molecule has 0 fully saturated rings. The van der Waals surface area contributed by atoms with Gasteiger partial charge in [0.25, 0.3) is 0 Å². The van der Waals surface area contributed by atoms with E-state index in [1.165, 1.54) is 28.1 Å². The lowest BCUT2D eigenvalue weighted by atomic mass is 10.0. The van der Waals surface area contributed by atoms with Gasteiger partial charge in [0.2, 0.25) is 0 Å². The summed E-state index contributed by atoms with van der Waals surface area (Å²) in [6, 6.07) is 15.7. The van der Waals surface area contributed by atoms with Gasteiger partial charge >= 0.3 is 0 Å². The maximum Gasteiger partial charge on any atom is 0.0511 e.